The molecule has 1 fully saturated rings. The number of hydrogen-bond donors (Lipinski definition) is 1. The molecule has 0 bridgehead atoms. The van der Waals surface area contributed by atoms with Gasteiger partial charge in [0.25, 0.3) is 10.0 Å². The lowest BCUT2D eigenvalue weighted by Gasteiger charge is -2.08. The van der Waals surface area contributed by atoms with Crippen LogP contribution in [0.1, 0.15) is 31.7 Å². The topological polar surface area (TPSA) is 76.9 Å². The summed E-state index contributed by atoms with van der Waals surface area (Å²) in [4.78, 5) is 5.46. The fraction of sp³-hybridized carbons (Fsp3) is 0.263. The van der Waals surface area contributed by atoms with Crippen molar-refractivity contribution >= 4 is 48.0 Å². The van der Waals surface area contributed by atoms with Gasteiger partial charge in [-0.15, -0.1) is 11.3 Å². The summed E-state index contributed by atoms with van der Waals surface area (Å²) in [5, 5.41) is 6.98. The van der Waals surface area contributed by atoms with Crippen LogP contribution >= 0.6 is 22.7 Å². The van der Waals surface area contributed by atoms with Crippen LogP contribution in [0.3, 0.4) is 0 Å². The Morgan fingerprint density at radius 2 is 1.93 bits per heavy atom. The number of nitrogens with zero attached hydrogens (tertiary/aromatic N) is 3. The Bertz CT molecular complexity index is 1190. The van der Waals surface area contributed by atoms with Gasteiger partial charge in [0.05, 0.1) is 21.1 Å². The highest BCUT2D eigenvalue weighted by molar-refractivity contribution is 7.93. The fourth-order valence-electron chi connectivity index (χ4n) is 3.60. The van der Waals surface area contributed by atoms with Crippen molar-refractivity contribution < 1.29 is 8.42 Å². The van der Waals surface area contributed by atoms with E-state index in [1.165, 1.54) is 22.7 Å². The highest BCUT2D eigenvalue weighted by atomic mass is 32.2. The van der Waals surface area contributed by atoms with Crippen LogP contribution in [-0.4, -0.2) is 23.2 Å². The van der Waals surface area contributed by atoms with Crippen molar-refractivity contribution in [2.45, 2.75) is 36.6 Å². The Balaban J connectivity index is 1.56. The summed E-state index contributed by atoms with van der Waals surface area (Å²) in [5.41, 5.74) is 1.29. The molecule has 0 saturated heterocycles. The molecule has 3 heterocycles. The van der Waals surface area contributed by atoms with E-state index in [1.54, 1.807) is 6.20 Å². The second-order valence-corrected chi connectivity index (χ2v) is 10.5. The molecule has 1 N–H and O–H groups in total. The van der Waals surface area contributed by atoms with E-state index < -0.39 is 10.0 Å². The molecule has 9 heteroatoms. The Morgan fingerprint density at radius 1 is 1.11 bits per heavy atom. The Kier molecular flexibility index (Phi) is 4.45. The summed E-state index contributed by atoms with van der Waals surface area (Å²) in [6, 6.07) is 11.7. The van der Waals surface area contributed by atoms with Crippen molar-refractivity contribution in [3.63, 3.8) is 0 Å². The van der Waals surface area contributed by atoms with Gasteiger partial charge in [0.1, 0.15) is 10.6 Å². The molecule has 144 valence electrons. The third-order valence-corrected chi connectivity index (χ3v) is 8.25. The minimum absolute atomic E-state index is 0.209. The second-order valence-electron chi connectivity index (χ2n) is 6.83. The third-order valence-electron chi connectivity index (χ3n) is 4.96. The van der Waals surface area contributed by atoms with Gasteiger partial charge in [0, 0.05) is 6.20 Å². The average Bonchev–Trinajstić information content (AvgIpc) is 3.46. The molecule has 0 atom stereocenters. The van der Waals surface area contributed by atoms with E-state index in [9.17, 15) is 8.42 Å². The number of thiazole rings is 1. The van der Waals surface area contributed by atoms with Crippen LogP contribution in [0.25, 0.3) is 20.8 Å². The summed E-state index contributed by atoms with van der Waals surface area (Å²) in [5.74, 6) is 0. The lowest BCUT2D eigenvalue weighted by Crippen LogP contribution is -2.13. The third kappa shape index (κ3) is 3.23. The SMILES string of the molecule is O=S(=O)(Nc1nc2ccccc2s1)c1cn(C2CCCC2)nc1-c1cccs1. The van der Waals surface area contributed by atoms with Crippen molar-refractivity contribution in [2.75, 3.05) is 4.72 Å². The molecule has 1 aliphatic carbocycles. The maximum atomic E-state index is 13.2. The van der Waals surface area contributed by atoms with Gasteiger partial charge in [-0.2, -0.15) is 5.10 Å². The Morgan fingerprint density at radius 3 is 2.68 bits per heavy atom. The number of para-hydroxylation sites is 1. The molecule has 1 aliphatic rings. The number of fused-ring (bicyclic) bond motifs is 1. The zero-order valence-electron chi connectivity index (χ0n) is 14.9. The van der Waals surface area contributed by atoms with Crippen LogP contribution in [0.2, 0.25) is 0 Å². The van der Waals surface area contributed by atoms with Gasteiger partial charge < -0.3 is 0 Å². The zero-order chi connectivity index (χ0) is 19.1. The van der Waals surface area contributed by atoms with Crippen LogP contribution in [0.5, 0.6) is 0 Å². The molecule has 6 nitrogen and oxygen atoms in total. The summed E-state index contributed by atoms with van der Waals surface area (Å²) >= 11 is 2.82. The lowest BCUT2D eigenvalue weighted by atomic mass is 10.3. The van der Waals surface area contributed by atoms with E-state index in [0.717, 1.165) is 40.8 Å². The van der Waals surface area contributed by atoms with Crippen molar-refractivity contribution in [1.82, 2.24) is 14.8 Å². The quantitative estimate of drug-likeness (QED) is 0.476. The Hall–Kier alpha value is -2.23. The molecular formula is C19H18N4O2S3. The van der Waals surface area contributed by atoms with Crippen molar-refractivity contribution in [1.29, 1.82) is 0 Å². The monoisotopic (exact) mass is 430 g/mol. The fourth-order valence-corrected chi connectivity index (χ4v) is 6.64. The maximum absolute atomic E-state index is 13.2. The van der Waals surface area contributed by atoms with Crippen LogP contribution in [-0.2, 0) is 10.0 Å². The first kappa shape index (κ1) is 17.8. The van der Waals surface area contributed by atoms with E-state index in [-0.39, 0.29) is 10.9 Å². The lowest BCUT2D eigenvalue weighted by molar-refractivity contribution is 0.467. The number of sulfonamides is 1. The van der Waals surface area contributed by atoms with E-state index in [0.29, 0.717) is 10.8 Å². The first-order valence-electron chi connectivity index (χ1n) is 9.11. The molecule has 1 aromatic carbocycles. The highest BCUT2D eigenvalue weighted by Gasteiger charge is 2.28. The standard InChI is InChI=1S/C19H18N4O2S3/c24-28(25,22-19-20-14-8-3-4-9-15(14)27-19)17-12-23(13-6-1-2-7-13)21-18(17)16-10-5-11-26-16/h3-5,8-13H,1-2,6-7H2,(H,20,22). The number of anilines is 1. The number of rotatable bonds is 5. The molecule has 28 heavy (non-hydrogen) atoms. The van der Waals surface area contributed by atoms with E-state index in [1.807, 2.05) is 46.5 Å². The minimum Gasteiger partial charge on any atom is -0.268 e. The predicted octanol–water partition coefficient (Wildman–Crippen LogP) is 5.14. The molecule has 4 aromatic rings. The van der Waals surface area contributed by atoms with E-state index >= 15 is 0 Å². The van der Waals surface area contributed by atoms with Gasteiger partial charge >= 0.3 is 0 Å². The first-order valence-corrected chi connectivity index (χ1v) is 12.3. The average molecular weight is 431 g/mol. The van der Waals surface area contributed by atoms with Crippen LogP contribution in [0, 0.1) is 0 Å². The largest absolute Gasteiger partial charge is 0.268 e. The van der Waals surface area contributed by atoms with Gasteiger partial charge in [-0.3, -0.25) is 9.40 Å². The summed E-state index contributed by atoms with van der Waals surface area (Å²) < 4.78 is 31.9. The summed E-state index contributed by atoms with van der Waals surface area (Å²) in [6.45, 7) is 0. The van der Waals surface area contributed by atoms with Crippen LogP contribution < -0.4 is 4.72 Å². The molecule has 0 unspecified atom stereocenters. The maximum Gasteiger partial charge on any atom is 0.267 e. The molecule has 0 amide bonds. The number of benzene rings is 1. The van der Waals surface area contributed by atoms with Gasteiger partial charge in [0.15, 0.2) is 5.13 Å². The second kappa shape index (κ2) is 6.98. The smallest absolute Gasteiger partial charge is 0.267 e. The molecular weight excluding hydrogens is 412 g/mol. The molecule has 0 aliphatic heterocycles. The van der Waals surface area contributed by atoms with Gasteiger partial charge in [-0.1, -0.05) is 42.4 Å². The van der Waals surface area contributed by atoms with Crippen LogP contribution in [0.4, 0.5) is 5.13 Å². The number of aromatic nitrogens is 3. The van der Waals surface area contributed by atoms with Crippen molar-refractivity contribution in [2.24, 2.45) is 0 Å². The van der Waals surface area contributed by atoms with Gasteiger partial charge in [-0.25, -0.2) is 13.4 Å². The van der Waals surface area contributed by atoms with E-state index in [4.69, 9.17) is 0 Å². The van der Waals surface area contributed by atoms with Gasteiger partial charge in [0.2, 0.25) is 0 Å². The normalized spacial score (nSPS) is 15.4. The number of hydrogen-bond acceptors (Lipinski definition) is 6. The molecule has 3 aromatic heterocycles. The summed E-state index contributed by atoms with van der Waals surface area (Å²) in [6.07, 6.45) is 6.07. The number of thiophene rings is 1. The summed E-state index contributed by atoms with van der Waals surface area (Å²) in [7, 11) is -3.81. The van der Waals surface area contributed by atoms with Crippen molar-refractivity contribution in [3.8, 4) is 10.6 Å². The highest BCUT2D eigenvalue weighted by Crippen LogP contribution is 2.36. The minimum atomic E-state index is -3.81. The molecule has 0 spiro atoms. The van der Waals surface area contributed by atoms with Crippen molar-refractivity contribution in [3.05, 3.63) is 48.0 Å². The van der Waals surface area contributed by atoms with Gasteiger partial charge in [-0.05, 0) is 36.4 Å². The molecule has 1 saturated carbocycles. The Labute approximate surface area is 170 Å². The molecule has 5 rings (SSSR count). The predicted molar refractivity (Wildman–Crippen MR) is 113 cm³/mol. The van der Waals surface area contributed by atoms with E-state index in [2.05, 4.69) is 14.8 Å². The first-order chi connectivity index (χ1) is 13.6. The zero-order valence-corrected chi connectivity index (χ0v) is 17.4. The molecule has 0 radical (unpaired) electrons. The van der Waals surface area contributed by atoms with Crippen LogP contribution in [0.15, 0.2) is 52.9 Å². The number of nitrogens with one attached hydrogen (secondary N) is 1.